The first-order valence-corrected chi connectivity index (χ1v) is 12.8. The van der Waals surface area contributed by atoms with Gasteiger partial charge in [-0.1, -0.05) is 12.1 Å². The lowest BCUT2D eigenvalue weighted by Gasteiger charge is -2.17. The van der Waals surface area contributed by atoms with Crippen molar-refractivity contribution in [3.05, 3.63) is 58.6 Å². The fraction of sp³-hybridized carbons (Fsp3) is 0.435. The van der Waals surface area contributed by atoms with E-state index >= 15 is 0 Å². The van der Waals surface area contributed by atoms with Gasteiger partial charge in [-0.05, 0) is 43.7 Å². The van der Waals surface area contributed by atoms with E-state index in [-0.39, 0.29) is 23.9 Å². The minimum Gasteiger partial charge on any atom is -0.496 e. The number of carbonyl (C=O) groups excluding carboxylic acids is 1. The summed E-state index contributed by atoms with van der Waals surface area (Å²) < 4.78 is 42.7. The average molecular weight is 475 g/mol. The molecule has 0 aliphatic heterocycles. The smallest absolute Gasteiger partial charge is 0.257 e. The molecule has 2 aliphatic rings. The van der Waals surface area contributed by atoms with Crippen LogP contribution >= 0.6 is 0 Å². The Morgan fingerprint density at radius 1 is 1.30 bits per heavy atom. The zero-order valence-electron chi connectivity index (χ0n) is 18.5. The van der Waals surface area contributed by atoms with Crippen LogP contribution in [0.25, 0.3) is 0 Å². The van der Waals surface area contributed by atoms with E-state index in [1.54, 1.807) is 12.1 Å². The Morgan fingerprint density at radius 2 is 2.06 bits per heavy atom. The van der Waals surface area contributed by atoms with Crippen LogP contribution in [0.5, 0.6) is 5.75 Å². The molecular formula is C23H27FN4O4S. The van der Waals surface area contributed by atoms with Crippen molar-refractivity contribution in [1.82, 2.24) is 15.3 Å². The number of sulfone groups is 1. The third-order valence-electron chi connectivity index (χ3n) is 5.68. The Labute approximate surface area is 192 Å². The fourth-order valence-electron chi connectivity index (χ4n) is 3.54. The van der Waals surface area contributed by atoms with Crippen LogP contribution in [0, 0.1) is 11.7 Å². The number of hydrogen-bond acceptors (Lipinski definition) is 7. The lowest BCUT2D eigenvalue weighted by molar-refractivity contribution is 0.0940. The number of nitrogens with zero attached hydrogens (tertiary/aromatic N) is 2. The number of benzene rings is 1. The standard InChI is InChI=1S/C23H27FN4O4S/c1-32-20-5-3-4-18(24)16(20)12-26-22-17(13-25-21(28-22)15-8-9-15)23(29)27-19(14-6-7-14)10-11-33(2,30)31/h3-5,10-11,13-15,19H,6-9,12H2,1-2H3,(H,27,29)(H,25,26,28)/b11-10+/t19-/m1/s1. The first-order chi connectivity index (χ1) is 15.7. The number of anilines is 1. The van der Waals surface area contributed by atoms with Crippen LogP contribution in [0.4, 0.5) is 10.2 Å². The van der Waals surface area contributed by atoms with Crippen molar-refractivity contribution in [3.8, 4) is 5.75 Å². The molecule has 2 aromatic rings. The lowest BCUT2D eigenvalue weighted by Crippen LogP contribution is -2.35. The maximum atomic E-state index is 14.4. The summed E-state index contributed by atoms with van der Waals surface area (Å²) in [6, 6.07) is 4.17. The van der Waals surface area contributed by atoms with E-state index in [1.165, 1.54) is 25.4 Å². The van der Waals surface area contributed by atoms with Crippen LogP contribution in [-0.2, 0) is 16.4 Å². The van der Waals surface area contributed by atoms with Gasteiger partial charge in [-0.25, -0.2) is 22.8 Å². The molecule has 0 unspecified atom stereocenters. The number of nitrogens with one attached hydrogen (secondary N) is 2. The average Bonchev–Trinajstić information content (AvgIpc) is 3.67. The van der Waals surface area contributed by atoms with E-state index in [0.717, 1.165) is 37.3 Å². The van der Waals surface area contributed by atoms with Crippen LogP contribution in [0.2, 0.25) is 0 Å². The number of amides is 1. The van der Waals surface area contributed by atoms with Crippen molar-refractivity contribution in [2.75, 3.05) is 18.7 Å². The second-order valence-corrected chi connectivity index (χ2v) is 10.5. The molecule has 0 saturated heterocycles. The number of carbonyl (C=O) groups is 1. The first-order valence-electron chi connectivity index (χ1n) is 10.9. The summed E-state index contributed by atoms with van der Waals surface area (Å²) in [5, 5.41) is 7.09. The molecule has 33 heavy (non-hydrogen) atoms. The van der Waals surface area contributed by atoms with Crippen molar-refractivity contribution < 1.29 is 22.3 Å². The normalized spacial score (nSPS) is 17.1. The van der Waals surface area contributed by atoms with Gasteiger partial charge in [-0.15, -0.1) is 0 Å². The van der Waals surface area contributed by atoms with Gasteiger partial charge in [0.2, 0.25) is 0 Å². The molecule has 1 aromatic heterocycles. The molecule has 1 amide bonds. The number of halogens is 1. The number of aromatic nitrogens is 2. The predicted octanol–water partition coefficient (Wildman–Crippen LogP) is 3.18. The summed E-state index contributed by atoms with van der Waals surface area (Å²) >= 11 is 0. The highest BCUT2D eigenvalue weighted by atomic mass is 32.2. The quantitative estimate of drug-likeness (QED) is 0.544. The molecule has 2 N–H and O–H groups in total. The van der Waals surface area contributed by atoms with Gasteiger partial charge in [0, 0.05) is 35.9 Å². The maximum Gasteiger partial charge on any atom is 0.257 e. The maximum absolute atomic E-state index is 14.4. The monoisotopic (exact) mass is 474 g/mol. The van der Waals surface area contributed by atoms with Gasteiger partial charge in [-0.3, -0.25) is 4.79 Å². The molecule has 176 valence electrons. The van der Waals surface area contributed by atoms with Gasteiger partial charge in [0.25, 0.3) is 5.91 Å². The van der Waals surface area contributed by atoms with E-state index in [2.05, 4.69) is 20.6 Å². The predicted molar refractivity (Wildman–Crippen MR) is 122 cm³/mol. The zero-order chi connectivity index (χ0) is 23.6. The van der Waals surface area contributed by atoms with Gasteiger partial charge in [0.1, 0.15) is 28.8 Å². The fourth-order valence-corrected chi connectivity index (χ4v) is 4.00. The zero-order valence-corrected chi connectivity index (χ0v) is 19.4. The Hall–Kier alpha value is -3.01. The highest BCUT2D eigenvalue weighted by molar-refractivity contribution is 7.93. The lowest BCUT2D eigenvalue weighted by atomic mass is 10.1. The van der Waals surface area contributed by atoms with Gasteiger partial charge in [0.15, 0.2) is 9.84 Å². The number of ether oxygens (including phenoxy) is 1. The highest BCUT2D eigenvalue weighted by Gasteiger charge is 2.32. The highest BCUT2D eigenvalue weighted by Crippen LogP contribution is 2.38. The SMILES string of the molecule is COc1cccc(F)c1CNc1nc(C2CC2)ncc1C(=O)N[C@H](/C=C/S(C)(=O)=O)C1CC1. The van der Waals surface area contributed by atoms with Gasteiger partial charge in [0.05, 0.1) is 13.2 Å². The van der Waals surface area contributed by atoms with E-state index < -0.39 is 27.6 Å². The molecule has 2 aliphatic carbocycles. The molecular weight excluding hydrogens is 447 g/mol. The van der Waals surface area contributed by atoms with Gasteiger partial charge in [-0.2, -0.15) is 0 Å². The summed E-state index contributed by atoms with van der Waals surface area (Å²) in [4.78, 5) is 22.0. The molecule has 0 radical (unpaired) electrons. The molecule has 0 spiro atoms. The van der Waals surface area contributed by atoms with Crippen molar-refractivity contribution in [2.24, 2.45) is 5.92 Å². The number of rotatable bonds is 10. The Balaban J connectivity index is 1.57. The molecule has 1 heterocycles. The first kappa shape index (κ1) is 23.2. The molecule has 2 saturated carbocycles. The molecule has 0 bridgehead atoms. The van der Waals surface area contributed by atoms with E-state index in [0.29, 0.717) is 23.0 Å². The third-order valence-corrected chi connectivity index (χ3v) is 6.34. The summed E-state index contributed by atoms with van der Waals surface area (Å²) in [7, 11) is -1.84. The Kier molecular flexibility index (Phi) is 6.64. The molecule has 10 heteroatoms. The second kappa shape index (κ2) is 9.46. The topological polar surface area (TPSA) is 110 Å². The second-order valence-electron chi connectivity index (χ2n) is 8.53. The van der Waals surface area contributed by atoms with Crippen molar-refractivity contribution in [1.29, 1.82) is 0 Å². The van der Waals surface area contributed by atoms with E-state index in [4.69, 9.17) is 4.74 Å². The Morgan fingerprint density at radius 3 is 2.70 bits per heavy atom. The van der Waals surface area contributed by atoms with E-state index in [1.807, 2.05) is 0 Å². The molecule has 1 atom stereocenters. The van der Waals surface area contributed by atoms with Crippen LogP contribution in [0.15, 0.2) is 35.9 Å². The van der Waals surface area contributed by atoms with Crippen LogP contribution < -0.4 is 15.4 Å². The summed E-state index contributed by atoms with van der Waals surface area (Å²) in [6.45, 7) is 0.0667. The number of methoxy groups -OCH3 is 1. The Bertz CT molecular complexity index is 1180. The number of hydrogen-bond donors (Lipinski definition) is 2. The minimum atomic E-state index is -3.31. The summed E-state index contributed by atoms with van der Waals surface area (Å²) in [5.41, 5.74) is 0.540. The molecule has 8 nitrogen and oxygen atoms in total. The van der Waals surface area contributed by atoms with Crippen LogP contribution in [0.1, 0.15) is 53.3 Å². The van der Waals surface area contributed by atoms with Gasteiger partial charge >= 0.3 is 0 Å². The third kappa shape index (κ3) is 6.07. The molecule has 2 fully saturated rings. The van der Waals surface area contributed by atoms with Crippen LogP contribution in [0.3, 0.4) is 0 Å². The minimum absolute atomic E-state index is 0.0667. The van der Waals surface area contributed by atoms with Crippen LogP contribution in [-0.4, -0.2) is 43.7 Å². The molecule has 1 aromatic carbocycles. The summed E-state index contributed by atoms with van der Waals surface area (Å²) in [6.07, 6.45) is 7.91. The largest absolute Gasteiger partial charge is 0.496 e. The van der Waals surface area contributed by atoms with Crippen molar-refractivity contribution >= 4 is 21.6 Å². The van der Waals surface area contributed by atoms with Crippen molar-refractivity contribution in [3.63, 3.8) is 0 Å². The van der Waals surface area contributed by atoms with Crippen molar-refractivity contribution in [2.45, 2.75) is 44.2 Å². The summed E-state index contributed by atoms with van der Waals surface area (Å²) in [5.74, 6) is 0.950. The van der Waals surface area contributed by atoms with E-state index in [9.17, 15) is 17.6 Å². The van der Waals surface area contributed by atoms with Gasteiger partial charge < -0.3 is 15.4 Å². The molecule has 4 rings (SSSR count).